The molecule has 3 N–H and O–H groups in total. The number of hydrogen-bond donors (Lipinski definition) is 3. The Morgan fingerprint density at radius 3 is 2.90 bits per heavy atom. The van der Waals surface area contributed by atoms with Crippen molar-refractivity contribution in [2.75, 3.05) is 20.3 Å². The molecule has 1 atom stereocenters. The van der Waals surface area contributed by atoms with E-state index < -0.39 is 10.0 Å². The predicted molar refractivity (Wildman–Crippen MR) is 76.9 cm³/mol. The minimum Gasteiger partial charge on any atom is -0.385 e. The van der Waals surface area contributed by atoms with Crippen molar-refractivity contribution in [3.63, 3.8) is 0 Å². The van der Waals surface area contributed by atoms with Crippen LogP contribution in [0.25, 0.3) is 0 Å². The van der Waals surface area contributed by atoms with Crippen LogP contribution in [-0.2, 0) is 21.3 Å². The molecule has 1 aromatic rings. The van der Waals surface area contributed by atoms with Crippen LogP contribution in [0.2, 0.25) is 0 Å². The second kappa shape index (κ2) is 8.35. The number of rotatable bonds is 10. The summed E-state index contributed by atoms with van der Waals surface area (Å²) < 4.78 is 32.1. The molecule has 0 spiro atoms. The topological polar surface area (TPSA) is 96.1 Å². The van der Waals surface area contributed by atoms with Gasteiger partial charge in [0.15, 0.2) is 5.03 Å². The van der Waals surface area contributed by atoms with Crippen LogP contribution in [0.3, 0.4) is 0 Å². The van der Waals surface area contributed by atoms with Gasteiger partial charge in [0.05, 0.1) is 6.20 Å². The lowest BCUT2D eigenvalue weighted by Gasteiger charge is -2.13. The Morgan fingerprint density at radius 2 is 2.25 bits per heavy atom. The van der Waals surface area contributed by atoms with Gasteiger partial charge in [-0.3, -0.25) is 5.10 Å². The molecule has 1 unspecified atom stereocenters. The van der Waals surface area contributed by atoms with Crippen LogP contribution in [0.1, 0.15) is 32.3 Å². The number of H-pyrrole nitrogens is 1. The fourth-order valence-electron chi connectivity index (χ4n) is 1.74. The zero-order valence-electron chi connectivity index (χ0n) is 12.3. The summed E-state index contributed by atoms with van der Waals surface area (Å²) in [5, 5.41) is 9.69. The average molecular weight is 304 g/mol. The summed E-state index contributed by atoms with van der Waals surface area (Å²) in [6, 6.07) is -0.195. The number of sulfonamides is 1. The first-order valence-electron chi connectivity index (χ1n) is 6.75. The van der Waals surface area contributed by atoms with Gasteiger partial charge in [-0.25, -0.2) is 13.1 Å². The number of nitrogens with zero attached hydrogens (tertiary/aromatic N) is 1. The molecule has 1 heterocycles. The summed E-state index contributed by atoms with van der Waals surface area (Å²) >= 11 is 0. The van der Waals surface area contributed by atoms with Crippen molar-refractivity contribution >= 4 is 10.0 Å². The summed E-state index contributed by atoms with van der Waals surface area (Å²) in [6.07, 6.45) is 3.15. The van der Waals surface area contributed by atoms with Crippen molar-refractivity contribution in [3.05, 3.63) is 11.8 Å². The molecule has 20 heavy (non-hydrogen) atoms. The van der Waals surface area contributed by atoms with Gasteiger partial charge >= 0.3 is 0 Å². The van der Waals surface area contributed by atoms with E-state index in [1.165, 1.54) is 6.20 Å². The lowest BCUT2D eigenvalue weighted by molar-refractivity contribution is 0.188. The van der Waals surface area contributed by atoms with Crippen LogP contribution in [0.4, 0.5) is 0 Å². The molecular formula is C12H24N4O3S. The molecule has 0 aliphatic rings. The highest BCUT2D eigenvalue weighted by atomic mass is 32.2. The average Bonchev–Trinajstić information content (AvgIpc) is 2.85. The number of aromatic amines is 1. The minimum atomic E-state index is -3.58. The van der Waals surface area contributed by atoms with Gasteiger partial charge in [-0.05, 0) is 26.3 Å². The highest BCUT2D eigenvalue weighted by Gasteiger charge is 2.22. The van der Waals surface area contributed by atoms with Crippen molar-refractivity contribution in [2.24, 2.45) is 0 Å². The SMILES string of the molecule is CCCNCc1cn[nH]c1S(=O)(=O)NC(C)CCOC. The highest BCUT2D eigenvalue weighted by Crippen LogP contribution is 2.12. The number of ether oxygens (including phenoxy) is 1. The molecule has 0 aliphatic carbocycles. The van der Waals surface area contributed by atoms with Crippen LogP contribution in [0.5, 0.6) is 0 Å². The molecule has 0 fully saturated rings. The van der Waals surface area contributed by atoms with Crippen molar-refractivity contribution < 1.29 is 13.2 Å². The first kappa shape index (κ1) is 17.1. The lowest BCUT2D eigenvalue weighted by atomic mass is 10.3. The highest BCUT2D eigenvalue weighted by molar-refractivity contribution is 7.89. The first-order chi connectivity index (χ1) is 9.51. The molecule has 0 aromatic carbocycles. The zero-order chi connectivity index (χ0) is 15.0. The fourth-order valence-corrected chi connectivity index (χ4v) is 3.14. The van der Waals surface area contributed by atoms with Crippen LogP contribution >= 0.6 is 0 Å². The van der Waals surface area contributed by atoms with Gasteiger partial charge in [0, 0.05) is 31.9 Å². The van der Waals surface area contributed by atoms with E-state index in [0.717, 1.165) is 13.0 Å². The molecule has 0 saturated heterocycles. The van der Waals surface area contributed by atoms with E-state index in [2.05, 4.69) is 27.2 Å². The summed E-state index contributed by atoms with van der Waals surface area (Å²) in [4.78, 5) is 0. The Balaban J connectivity index is 2.69. The van der Waals surface area contributed by atoms with Crippen molar-refractivity contribution in [1.82, 2.24) is 20.2 Å². The smallest absolute Gasteiger partial charge is 0.258 e. The number of methoxy groups -OCH3 is 1. The Labute approximate surface area is 120 Å². The summed E-state index contributed by atoms with van der Waals surface area (Å²) in [5.41, 5.74) is 0.643. The molecule has 116 valence electrons. The molecule has 8 heteroatoms. The van der Waals surface area contributed by atoms with Crippen LogP contribution in [0, 0.1) is 0 Å². The maximum absolute atomic E-state index is 12.3. The molecular weight excluding hydrogens is 280 g/mol. The maximum atomic E-state index is 12.3. The van der Waals surface area contributed by atoms with Gasteiger partial charge in [0.25, 0.3) is 10.0 Å². The van der Waals surface area contributed by atoms with E-state index >= 15 is 0 Å². The second-order valence-corrected chi connectivity index (χ2v) is 6.36. The van der Waals surface area contributed by atoms with E-state index in [9.17, 15) is 8.42 Å². The third kappa shape index (κ3) is 5.20. The molecule has 1 rings (SSSR count). The Hall–Kier alpha value is -0.960. The van der Waals surface area contributed by atoms with E-state index in [1.807, 2.05) is 6.92 Å². The van der Waals surface area contributed by atoms with Gasteiger partial charge in [-0.15, -0.1) is 0 Å². The summed E-state index contributed by atoms with van der Waals surface area (Å²) in [7, 11) is -1.99. The van der Waals surface area contributed by atoms with Gasteiger partial charge in [0.2, 0.25) is 0 Å². The Morgan fingerprint density at radius 1 is 1.50 bits per heavy atom. The molecule has 0 amide bonds. The molecule has 0 saturated carbocycles. The Bertz CT molecular complexity index is 487. The molecule has 0 radical (unpaired) electrons. The predicted octanol–water partition coefficient (Wildman–Crippen LogP) is 0.613. The second-order valence-electron chi connectivity index (χ2n) is 4.70. The summed E-state index contributed by atoms with van der Waals surface area (Å²) in [5.74, 6) is 0. The lowest BCUT2D eigenvalue weighted by Crippen LogP contribution is -2.34. The standard InChI is InChI=1S/C12H24N4O3S/c1-4-6-13-8-11-9-14-15-12(11)20(17,18)16-10(2)5-7-19-3/h9-10,13,16H,4-8H2,1-3H3,(H,14,15). The molecule has 7 nitrogen and oxygen atoms in total. The third-order valence-electron chi connectivity index (χ3n) is 2.80. The monoisotopic (exact) mass is 304 g/mol. The zero-order valence-corrected chi connectivity index (χ0v) is 13.1. The van der Waals surface area contributed by atoms with Crippen LogP contribution in [-0.4, -0.2) is 44.9 Å². The third-order valence-corrected chi connectivity index (χ3v) is 4.40. The first-order valence-corrected chi connectivity index (χ1v) is 8.23. The quantitative estimate of drug-likeness (QED) is 0.551. The Kier molecular flexibility index (Phi) is 7.14. The van der Waals surface area contributed by atoms with Crippen LogP contribution in [0.15, 0.2) is 11.2 Å². The van der Waals surface area contributed by atoms with Crippen molar-refractivity contribution in [2.45, 2.75) is 44.3 Å². The van der Waals surface area contributed by atoms with E-state index in [1.54, 1.807) is 7.11 Å². The fraction of sp³-hybridized carbons (Fsp3) is 0.750. The largest absolute Gasteiger partial charge is 0.385 e. The van der Waals surface area contributed by atoms with Gasteiger partial charge in [-0.1, -0.05) is 6.92 Å². The number of aromatic nitrogens is 2. The number of hydrogen-bond acceptors (Lipinski definition) is 5. The van der Waals surface area contributed by atoms with E-state index in [-0.39, 0.29) is 11.1 Å². The molecule has 0 aliphatic heterocycles. The number of nitrogens with one attached hydrogen (secondary N) is 3. The van der Waals surface area contributed by atoms with Crippen molar-refractivity contribution in [3.8, 4) is 0 Å². The normalized spacial score (nSPS) is 13.6. The van der Waals surface area contributed by atoms with Crippen LogP contribution < -0.4 is 10.0 Å². The van der Waals surface area contributed by atoms with E-state index in [4.69, 9.17) is 4.74 Å². The minimum absolute atomic E-state index is 0.130. The summed E-state index contributed by atoms with van der Waals surface area (Å²) in [6.45, 7) is 5.69. The van der Waals surface area contributed by atoms with Gasteiger partial charge in [-0.2, -0.15) is 5.10 Å². The van der Waals surface area contributed by atoms with Gasteiger partial charge < -0.3 is 10.1 Å². The molecule has 0 bridgehead atoms. The van der Waals surface area contributed by atoms with Crippen molar-refractivity contribution in [1.29, 1.82) is 0 Å². The maximum Gasteiger partial charge on any atom is 0.258 e. The molecule has 1 aromatic heterocycles. The van der Waals surface area contributed by atoms with E-state index in [0.29, 0.717) is 25.1 Å². The van der Waals surface area contributed by atoms with Gasteiger partial charge in [0.1, 0.15) is 0 Å².